The number of aliphatic hydroxyl groups excluding tert-OH is 5. The van der Waals surface area contributed by atoms with Gasteiger partial charge in [-0.1, -0.05) is 309 Å². The number of carbonyl (C=O) groups is 1. The lowest BCUT2D eigenvalue weighted by Gasteiger charge is -2.40. The molecular formula is C65H127NO8. The molecule has 0 aromatic rings. The van der Waals surface area contributed by atoms with Gasteiger partial charge in [-0.2, -0.15) is 0 Å². The summed E-state index contributed by atoms with van der Waals surface area (Å²) < 4.78 is 11.3. The number of rotatable bonds is 58. The minimum Gasteiger partial charge on any atom is -0.394 e. The quantitative estimate of drug-likeness (QED) is 0.0261. The number of hydrogen-bond donors (Lipinski definition) is 6. The lowest BCUT2D eigenvalue weighted by Crippen LogP contribution is -2.60. The molecule has 0 spiro atoms. The van der Waals surface area contributed by atoms with Gasteiger partial charge in [0.15, 0.2) is 6.29 Å². The van der Waals surface area contributed by atoms with Crippen molar-refractivity contribution < 1.29 is 39.8 Å². The highest BCUT2D eigenvalue weighted by atomic mass is 16.7. The fourth-order valence-electron chi connectivity index (χ4n) is 10.9. The van der Waals surface area contributed by atoms with Crippen LogP contribution in [0.1, 0.15) is 341 Å². The van der Waals surface area contributed by atoms with Crippen molar-refractivity contribution in [1.82, 2.24) is 5.32 Å². The molecular weight excluding hydrogens is 923 g/mol. The van der Waals surface area contributed by atoms with Crippen molar-refractivity contribution >= 4 is 5.91 Å². The molecule has 7 unspecified atom stereocenters. The zero-order valence-corrected chi connectivity index (χ0v) is 49.1. The van der Waals surface area contributed by atoms with Crippen molar-refractivity contribution in [3.05, 3.63) is 12.2 Å². The Morgan fingerprint density at radius 3 is 1.09 bits per heavy atom. The van der Waals surface area contributed by atoms with Gasteiger partial charge in [-0.25, -0.2) is 0 Å². The third kappa shape index (κ3) is 43.9. The van der Waals surface area contributed by atoms with Crippen LogP contribution in [0.4, 0.5) is 0 Å². The van der Waals surface area contributed by atoms with Crippen LogP contribution in [0.3, 0.4) is 0 Å². The smallest absolute Gasteiger partial charge is 0.220 e. The van der Waals surface area contributed by atoms with Gasteiger partial charge in [0.05, 0.1) is 25.4 Å². The second kappa shape index (κ2) is 55.3. The summed E-state index contributed by atoms with van der Waals surface area (Å²) in [5, 5.41) is 54.8. The van der Waals surface area contributed by atoms with Gasteiger partial charge < -0.3 is 40.3 Å². The van der Waals surface area contributed by atoms with Crippen LogP contribution in [0.2, 0.25) is 0 Å². The van der Waals surface area contributed by atoms with Crippen molar-refractivity contribution in [1.29, 1.82) is 0 Å². The Kier molecular flexibility index (Phi) is 53.0. The van der Waals surface area contributed by atoms with Crippen LogP contribution < -0.4 is 5.32 Å². The van der Waals surface area contributed by atoms with E-state index < -0.39 is 49.5 Å². The van der Waals surface area contributed by atoms with E-state index in [9.17, 15) is 30.3 Å². The second-order valence-corrected chi connectivity index (χ2v) is 23.3. The molecule has 1 heterocycles. The monoisotopic (exact) mass is 1050 g/mol. The van der Waals surface area contributed by atoms with Crippen LogP contribution in [0, 0.1) is 0 Å². The Morgan fingerprint density at radius 1 is 0.446 bits per heavy atom. The summed E-state index contributed by atoms with van der Waals surface area (Å²) in [6.45, 7) is 3.89. The predicted molar refractivity (Wildman–Crippen MR) is 314 cm³/mol. The largest absolute Gasteiger partial charge is 0.394 e. The Hall–Kier alpha value is -1.07. The maximum absolute atomic E-state index is 13.1. The molecule has 440 valence electrons. The Labute approximate surface area is 458 Å². The van der Waals surface area contributed by atoms with Crippen molar-refractivity contribution in [2.45, 2.75) is 384 Å². The zero-order chi connectivity index (χ0) is 53.6. The summed E-state index contributed by atoms with van der Waals surface area (Å²) in [5.74, 6) is -0.136. The number of carbonyl (C=O) groups excluding carboxylic acids is 1. The molecule has 9 heteroatoms. The number of ether oxygens (including phenoxy) is 2. The second-order valence-electron chi connectivity index (χ2n) is 23.3. The van der Waals surface area contributed by atoms with Gasteiger partial charge in [-0.3, -0.25) is 4.79 Å². The van der Waals surface area contributed by atoms with Crippen LogP contribution in [0.5, 0.6) is 0 Å². The first-order chi connectivity index (χ1) is 36.3. The first-order valence-corrected chi connectivity index (χ1v) is 32.9. The van der Waals surface area contributed by atoms with Gasteiger partial charge in [-0.15, -0.1) is 0 Å². The summed E-state index contributed by atoms with van der Waals surface area (Å²) >= 11 is 0. The molecule has 1 saturated heterocycles. The number of unbranched alkanes of at least 4 members (excludes halogenated alkanes) is 46. The molecule has 74 heavy (non-hydrogen) atoms. The van der Waals surface area contributed by atoms with Crippen molar-refractivity contribution in [3.8, 4) is 0 Å². The molecule has 6 N–H and O–H groups in total. The molecule has 0 bridgehead atoms. The molecule has 0 aromatic heterocycles. The fourth-order valence-corrected chi connectivity index (χ4v) is 10.9. The first-order valence-electron chi connectivity index (χ1n) is 32.9. The summed E-state index contributed by atoms with van der Waals surface area (Å²) in [5.41, 5.74) is 0. The van der Waals surface area contributed by atoms with E-state index in [1.807, 2.05) is 0 Å². The maximum Gasteiger partial charge on any atom is 0.220 e. The van der Waals surface area contributed by atoms with Gasteiger partial charge in [0, 0.05) is 6.42 Å². The zero-order valence-electron chi connectivity index (χ0n) is 49.1. The molecule has 7 atom stereocenters. The molecule has 1 aliphatic rings. The summed E-state index contributed by atoms with van der Waals surface area (Å²) in [4.78, 5) is 13.1. The number of allylic oxidation sites excluding steroid dienone is 2. The van der Waals surface area contributed by atoms with Crippen LogP contribution in [-0.4, -0.2) is 87.5 Å². The van der Waals surface area contributed by atoms with Gasteiger partial charge in [-0.05, 0) is 38.5 Å². The van der Waals surface area contributed by atoms with E-state index in [4.69, 9.17) is 9.47 Å². The number of nitrogens with one attached hydrogen (secondary N) is 1. The van der Waals surface area contributed by atoms with Crippen LogP contribution in [0.25, 0.3) is 0 Å². The molecule has 1 amide bonds. The van der Waals surface area contributed by atoms with Gasteiger partial charge in [0.1, 0.15) is 24.4 Å². The Morgan fingerprint density at radius 2 is 0.757 bits per heavy atom. The predicted octanol–water partition coefficient (Wildman–Crippen LogP) is 17.1. The van der Waals surface area contributed by atoms with Gasteiger partial charge >= 0.3 is 0 Å². The van der Waals surface area contributed by atoms with E-state index in [0.717, 1.165) is 38.5 Å². The van der Waals surface area contributed by atoms with E-state index >= 15 is 0 Å². The van der Waals surface area contributed by atoms with Crippen molar-refractivity contribution in [2.75, 3.05) is 13.2 Å². The van der Waals surface area contributed by atoms with Gasteiger partial charge in [0.2, 0.25) is 5.91 Å². The Bertz CT molecular complexity index is 1170. The highest BCUT2D eigenvalue weighted by molar-refractivity contribution is 5.76. The average Bonchev–Trinajstić information content (AvgIpc) is 3.40. The summed E-state index contributed by atoms with van der Waals surface area (Å²) in [7, 11) is 0. The summed E-state index contributed by atoms with van der Waals surface area (Å²) in [6, 6.07) is -0.716. The molecule has 0 saturated carbocycles. The standard InChI is InChI=1S/C65H127NO8/c1-3-5-7-9-11-13-15-17-19-21-23-24-25-26-27-28-29-30-31-32-33-34-35-37-39-41-43-45-47-49-51-53-55-61(69)66-58(57-73-65-64(72)63(71)62(70)60(56-67)74-65)59(68)54-52-50-48-46-44-42-40-38-36-22-20-18-16-14-12-10-8-6-4-2/h26-27,58-60,62-65,67-68,70-72H,3-25,28-57H2,1-2H3,(H,66,69)/b27-26-. The van der Waals surface area contributed by atoms with E-state index in [1.54, 1.807) is 0 Å². The lowest BCUT2D eigenvalue weighted by molar-refractivity contribution is -0.302. The van der Waals surface area contributed by atoms with E-state index in [2.05, 4.69) is 31.3 Å². The maximum atomic E-state index is 13.1. The highest BCUT2D eigenvalue weighted by Gasteiger charge is 2.44. The minimum atomic E-state index is -1.55. The summed E-state index contributed by atoms with van der Waals surface area (Å²) in [6.07, 6.45) is 62.7. The average molecular weight is 1050 g/mol. The third-order valence-electron chi connectivity index (χ3n) is 16.1. The topological polar surface area (TPSA) is 149 Å². The molecule has 1 aliphatic heterocycles. The third-order valence-corrected chi connectivity index (χ3v) is 16.1. The molecule has 1 rings (SSSR count). The minimum absolute atomic E-state index is 0.132. The number of hydrogen-bond acceptors (Lipinski definition) is 8. The normalized spacial score (nSPS) is 18.9. The Balaban J connectivity index is 2.10. The molecule has 0 aliphatic carbocycles. The number of amides is 1. The van der Waals surface area contributed by atoms with Crippen LogP contribution in [-0.2, 0) is 14.3 Å². The molecule has 1 fully saturated rings. The van der Waals surface area contributed by atoms with E-state index in [1.165, 1.54) is 276 Å². The van der Waals surface area contributed by atoms with Gasteiger partial charge in [0.25, 0.3) is 0 Å². The SMILES string of the molecule is CCCCCCCCCCCCCC/C=C\CCCCCCCCCCCCCCCCCCC(=O)NC(COC1OC(CO)C(O)C(O)C1O)C(O)CCCCCCCCCCCCCCCCCCCCC. The first kappa shape index (κ1) is 70.9. The van der Waals surface area contributed by atoms with E-state index in [0.29, 0.717) is 12.8 Å². The molecule has 0 radical (unpaired) electrons. The lowest BCUT2D eigenvalue weighted by atomic mass is 9.99. The van der Waals surface area contributed by atoms with Crippen molar-refractivity contribution in [2.24, 2.45) is 0 Å². The number of aliphatic hydroxyl groups is 5. The molecule has 0 aromatic carbocycles. The van der Waals surface area contributed by atoms with E-state index in [-0.39, 0.29) is 12.5 Å². The van der Waals surface area contributed by atoms with Crippen LogP contribution >= 0.6 is 0 Å². The van der Waals surface area contributed by atoms with Crippen LogP contribution in [0.15, 0.2) is 12.2 Å². The fraction of sp³-hybridized carbons (Fsp3) is 0.954. The highest BCUT2D eigenvalue weighted by Crippen LogP contribution is 2.24. The molecule has 9 nitrogen and oxygen atoms in total. The van der Waals surface area contributed by atoms with Crippen molar-refractivity contribution in [3.63, 3.8) is 0 Å².